The van der Waals surface area contributed by atoms with Crippen LogP contribution < -0.4 is 0 Å². The standard InChI is InChI=1S/C13H18O3S/c1-13(2,14)12-8-10(15-16-12)9-17-11-6-4-3-5-7-11/h3-7,10,12,14H,8-9H2,1-2H3/t10-,12+/m1/s1. The first-order chi connectivity index (χ1) is 8.05. The maximum absolute atomic E-state index is 9.81. The summed E-state index contributed by atoms with van der Waals surface area (Å²) in [6.07, 6.45) is 0.559. The third-order valence-electron chi connectivity index (χ3n) is 2.75. The maximum Gasteiger partial charge on any atom is 0.124 e. The predicted octanol–water partition coefficient (Wildman–Crippen LogP) is 2.64. The van der Waals surface area contributed by atoms with E-state index in [1.54, 1.807) is 25.6 Å². The van der Waals surface area contributed by atoms with Crippen LogP contribution in [-0.4, -0.2) is 28.7 Å². The molecule has 0 bridgehead atoms. The predicted molar refractivity (Wildman–Crippen MR) is 67.8 cm³/mol. The van der Waals surface area contributed by atoms with Gasteiger partial charge in [0.1, 0.15) is 12.2 Å². The number of hydrogen-bond acceptors (Lipinski definition) is 4. The van der Waals surface area contributed by atoms with Gasteiger partial charge in [0.25, 0.3) is 0 Å². The lowest BCUT2D eigenvalue weighted by Crippen LogP contribution is -2.35. The topological polar surface area (TPSA) is 38.7 Å². The Hall–Kier alpha value is -0.550. The summed E-state index contributed by atoms with van der Waals surface area (Å²) in [7, 11) is 0. The van der Waals surface area contributed by atoms with E-state index >= 15 is 0 Å². The Morgan fingerprint density at radius 2 is 2.00 bits per heavy atom. The van der Waals surface area contributed by atoms with Crippen molar-refractivity contribution < 1.29 is 14.9 Å². The second kappa shape index (κ2) is 5.40. The highest BCUT2D eigenvalue weighted by Crippen LogP contribution is 2.29. The lowest BCUT2D eigenvalue weighted by atomic mass is 9.98. The molecule has 1 fully saturated rings. The second-order valence-electron chi connectivity index (χ2n) is 4.82. The van der Waals surface area contributed by atoms with Gasteiger partial charge in [0.2, 0.25) is 0 Å². The van der Waals surface area contributed by atoms with Crippen LogP contribution in [0.25, 0.3) is 0 Å². The molecule has 17 heavy (non-hydrogen) atoms. The van der Waals surface area contributed by atoms with Gasteiger partial charge in [0.05, 0.1) is 5.60 Å². The van der Waals surface area contributed by atoms with E-state index in [0.29, 0.717) is 0 Å². The summed E-state index contributed by atoms with van der Waals surface area (Å²) in [5, 5.41) is 9.81. The van der Waals surface area contributed by atoms with Gasteiger partial charge >= 0.3 is 0 Å². The van der Waals surface area contributed by atoms with Crippen molar-refractivity contribution in [3.63, 3.8) is 0 Å². The molecule has 1 aromatic carbocycles. The van der Waals surface area contributed by atoms with Crippen LogP contribution in [0.15, 0.2) is 35.2 Å². The van der Waals surface area contributed by atoms with Gasteiger partial charge in [0, 0.05) is 17.1 Å². The van der Waals surface area contributed by atoms with E-state index in [1.165, 1.54) is 4.90 Å². The van der Waals surface area contributed by atoms with Crippen LogP contribution in [0.1, 0.15) is 20.3 Å². The van der Waals surface area contributed by atoms with Gasteiger partial charge in [-0.2, -0.15) is 0 Å². The second-order valence-corrected chi connectivity index (χ2v) is 5.91. The van der Waals surface area contributed by atoms with Gasteiger partial charge in [-0.1, -0.05) is 18.2 Å². The van der Waals surface area contributed by atoms with E-state index in [-0.39, 0.29) is 12.2 Å². The Bertz CT molecular complexity index is 347. The first-order valence-electron chi connectivity index (χ1n) is 5.78. The minimum atomic E-state index is -0.841. The van der Waals surface area contributed by atoms with Crippen molar-refractivity contribution in [2.75, 3.05) is 5.75 Å². The van der Waals surface area contributed by atoms with Crippen molar-refractivity contribution in [1.29, 1.82) is 0 Å². The molecular formula is C13H18O3S. The SMILES string of the molecule is CC(C)(O)[C@@H]1C[C@H](CSc2ccccc2)OO1. The lowest BCUT2D eigenvalue weighted by Gasteiger charge is -2.21. The van der Waals surface area contributed by atoms with Gasteiger partial charge < -0.3 is 5.11 Å². The molecule has 1 saturated heterocycles. The molecular weight excluding hydrogens is 236 g/mol. The van der Waals surface area contributed by atoms with E-state index in [0.717, 1.165) is 12.2 Å². The van der Waals surface area contributed by atoms with Crippen LogP contribution in [0.5, 0.6) is 0 Å². The van der Waals surface area contributed by atoms with Crippen molar-refractivity contribution >= 4 is 11.8 Å². The van der Waals surface area contributed by atoms with E-state index in [2.05, 4.69) is 12.1 Å². The molecule has 1 heterocycles. The third-order valence-corrected chi connectivity index (χ3v) is 3.90. The zero-order chi connectivity index (χ0) is 12.3. The largest absolute Gasteiger partial charge is 0.388 e. The van der Waals surface area contributed by atoms with E-state index in [1.807, 2.05) is 18.2 Å². The molecule has 94 valence electrons. The van der Waals surface area contributed by atoms with Crippen LogP contribution in [0.3, 0.4) is 0 Å². The van der Waals surface area contributed by atoms with Crippen molar-refractivity contribution in [3.8, 4) is 0 Å². The van der Waals surface area contributed by atoms with Crippen LogP contribution in [0.4, 0.5) is 0 Å². The zero-order valence-corrected chi connectivity index (χ0v) is 10.9. The third kappa shape index (κ3) is 3.71. The summed E-state index contributed by atoms with van der Waals surface area (Å²) in [6, 6.07) is 10.2. The number of benzene rings is 1. The number of rotatable bonds is 4. The van der Waals surface area contributed by atoms with Gasteiger partial charge in [-0.05, 0) is 26.0 Å². The van der Waals surface area contributed by atoms with E-state index in [4.69, 9.17) is 9.78 Å². The normalized spacial score (nSPS) is 25.1. The fourth-order valence-corrected chi connectivity index (χ4v) is 2.59. The fourth-order valence-electron chi connectivity index (χ4n) is 1.67. The molecule has 0 saturated carbocycles. The Kier molecular flexibility index (Phi) is 4.09. The molecule has 2 rings (SSSR count). The first kappa shape index (κ1) is 12.9. The van der Waals surface area contributed by atoms with Gasteiger partial charge in [-0.3, -0.25) is 0 Å². The Morgan fingerprint density at radius 1 is 1.29 bits per heavy atom. The highest BCUT2D eigenvalue weighted by Gasteiger charge is 2.37. The van der Waals surface area contributed by atoms with Gasteiger partial charge in [0.15, 0.2) is 0 Å². The summed E-state index contributed by atoms with van der Waals surface area (Å²) in [5.74, 6) is 0.844. The van der Waals surface area contributed by atoms with Crippen LogP contribution >= 0.6 is 11.8 Å². The highest BCUT2D eigenvalue weighted by atomic mass is 32.2. The quantitative estimate of drug-likeness (QED) is 0.662. The molecule has 0 aliphatic carbocycles. The molecule has 1 N–H and O–H groups in total. The Morgan fingerprint density at radius 3 is 2.59 bits per heavy atom. The van der Waals surface area contributed by atoms with Gasteiger partial charge in [-0.15, -0.1) is 11.8 Å². The summed E-state index contributed by atoms with van der Waals surface area (Å²) >= 11 is 1.74. The highest BCUT2D eigenvalue weighted by molar-refractivity contribution is 7.99. The summed E-state index contributed by atoms with van der Waals surface area (Å²) in [6.45, 7) is 3.49. The monoisotopic (exact) mass is 254 g/mol. The minimum Gasteiger partial charge on any atom is -0.388 e. The lowest BCUT2D eigenvalue weighted by molar-refractivity contribution is -0.313. The number of thioether (sulfide) groups is 1. The Labute approximate surface area is 106 Å². The summed E-state index contributed by atoms with van der Waals surface area (Å²) in [4.78, 5) is 11.6. The molecule has 1 aromatic rings. The van der Waals surface area contributed by atoms with Gasteiger partial charge in [-0.25, -0.2) is 9.78 Å². The molecule has 0 radical (unpaired) electrons. The van der Waals surface area contributed by atoms with Crippen molar-refractivity contribution in [2.24, 2.45) is 0 Å². The average molecular weight is 254 g/mol. The fraction of sp³-hybridized carbons (Fsp3) is 0.538. The molecule has 4 heteroatoms. The van der Waals surface area contributed by atoms with Crippen molar-refractivity contribution in [3.05, 3.63) is 30.3 Å². The number of hydrogen-bond donors (Lipinski definition) is 1. The number of aliphatic hydroxyl groups is 1. The van der Waals surface area contributed by atoms with E-state index < -0.39 is 5.60 Å². The van der Waals surface area contributed by atoms with Crippen molar-refractivity contribution in [1.82, 2.24) is 0 Å². The van der Waals surface area contributed by atoms with Crippen LogP contribution in [0, 0.1) is 0 Å². The minimum absolute atomic E-state index is 0.0524. The molecule has 1 aliphatic heterocycles. The molecule has 0 spiro atoms. The Balaban J connectivity index is 1.79. The first-order valence-corrected chi connectivity index (χ1v) is 6.76. The molecule has 1 aliphatic rings. The molecule has 3 nitrogen and oxygen atoms in total. The maximum atomic E-state index is 9.81. The van der Waals surface area contributed by atoms with Crippen LogP contribution in [0.2, 0.25) is 0 Å². The average Bonchev–Trinajstić information content (AvgIpc) is 2.76. The molecule has 2 atom stereocenters. The van der Waals surface area contributed by atoms with Crippen LogP contribution in [-0.2, 0) is 9.78 Å². The zero-order valence-electron chi connectivity index (χ0n) is 10.1. The van der Waals surface area contributed by atoms with Crippen molar-refractivity contribution in [2.45, 2.75) is 43.0 Å². The molecule has 0 aromatic heterocycles. The van der Waals surface area contributed by atoms with E-state index in [9.17, 15) is 5.11 Å². The molecule has 0 unspecified atom stereocenters. The molecule has 0 amide bonds. The summed E-state index contributed by atoms with van der Waals surface area (Å²) < 4.78 is 0. The summed E-state index contributed by atoms with van der Waals surface area (Å²) in [5.41, 5.74) is -0.841. The smallest absolute Gasteiger partial charge is 0.124 e.